The van der Waals surface area contributed by atoms with Crippen molar-refractivity contribution in [1.29, 1.82) is 0 Å². The van der Waals surface area contributed by atoms with Gasteiger partial charge in [0.05, 0.1) is 0 Å². The van der Waals surface area contributed by atoms with E-state index >= 15 is 0 Å². The average molecular weight is 214 g/mol. The van der Waals surface area contributed by atoms with Gasteiger partial charge in [0.25, 0.3) is 0 Å². The van der Waals surface area contributed by atoms with Crippen LogP contribution in [0, 0.1) is 0 Å². The predicted molar refractivity (Wildman–Crippen MR) is 66.0 cm³/mol. The minimum atomic E-state index is 0.661. The van der Waals surface area contributed by atoms with Gasteiger partial charge >= 0.3 is 0 Å². The molecule has 1 aliphatic heterocycles. The molecule has 82 valence electrons. The normalized spacial score (nSPS) is 21.5. The van der Waals surface area contributed by atoms with Crippen molar-refractivity contribution in [3.63, 3.8) is 0 Å². The third kappa shape index (κ3) is 4.49. The fraction of sp³-hybridized carbons (Fsp3) is 0.818. The maximum Gasteiger partial charge on any atom is 0.0192 e. The molecule has 0 aliphatic carbocycles. The van der Waals surface area contributed by atoms with Crippen LogP contribution < -0.4 is 5.32 Å². The molecule has 1 unspecified atom stereocenters. The third-order valence-corrected chi connectivity index (χ3v) is 3.66. The van der Waals surface area contributed by atoms with E-state index in [-0.39, 0.29) is 0 Å². The van der Waals surface area contributed by atoms with E-state index in [9.17, 15) is 0 Å². The molecule has 0 spiro atoms. The molecule has 1 heterocycles. The number of nitrogens with one attached hydrogen (secondary N) is 1. The van der Waals surface area contributed by atoms with Crippen molar-refractivity contribution >= 4 is 11.8 Å². The maximum atomic E-state index is 3.71. The molecule has 0 amide bonds. The quantitative estimate of drug-likeness (QED) is 0.553. The predicted octanol–water partition coefficient (Wildman–Crippen LogP) is 1.59. The summed E-state index contributed by atoms with van der Waals surface area (Å²) in [5.41, 5.74) is 0. The van der Waals surface area contributed by atoms with E-state index in [1.54, 1.807) is 0 Å². The lowest BCUT2D eigenvalue weighted by atomic mass is 10.2. The van der Waals surface area contributed by atoms with E-state index < -0.39 is 0 Å². The Bertz CT molecular complexity index is 153. The van der Waals surface area contributed by atoms with Crippen LogP contribution in [0.15, 0.2) is 12.7 Å². The molecule has 1 aliphatic rings. The number of nitrogens with zero attached hydrogens (tertiary/aromatic N) is 1. The molecule has 1 saturated heterocycles. The molecular weight excluding hydrogens is 192 g/mol. The van der Waals surface area contributed by atoms with Crippen LogP contribution in [-0.2, 0) is 0 Å². The summed E-state index contributed by atoms with van der Waals surface area (Å²) in [5.74, 6) is 2.63. The Kier molecular flexibility index (Phi) is 6.32. The van der Waals surface area contributed by atoms with E-state index in [2.05, 4.69) is 35.5 Å². The van der Waals surface area contributed by atoms with Gasteiger partial charge < -0.3 is 5.32 Å². The summed E-state index contributed by atoms with van der Waals surface area (Å²) in [6.45, 7) is 10.5. The first-order valence-corrected chi connectivity index (χ1v) is 6.63. The number of rotatable bonds is 5. The first-order chi connectivity index (χ1) is 6.84. The van der Waals surface area contributed by atoms with Gasteiger partial charge in [-0.2, -0.15) is 11.8 Å². The Morgan fingerprint density at radius 2 is 2.36 bits per heavy atom. The minimum Gasteiger partial charge on any atom is -0.312 e. The Labute approximate surface area is 92.1 Å². The Morgan fingerprint density at radius 1 is 1.50 bits per heavy atom. The topological polar surface area (TPSA) is 15.3 Å². The van der Waals surface area contributed by atoms with Gasteiger partial charge in [-0.3, -0.25) is 4.90 Å². The molecule has 1 fully saturated rings. The zero-order valence-corrected chi connectivity index (χ0v) is 9.98. The summed E-state index contributed by atoms with van der Waals surface area (Å²) >= 11 is 2.09. The van der Waals surface area contributed by atoms with Crippen LogP contribution in [-0.4, -0.2) is 48.6 Å². The second kappa shape index (κ2) is 7.32. The standard InChI is InChI=1S/C11H22N2S/c1-3-5-12-10-11(2)13-6-4-8-14-9-7-13/h3,11-12H,1,4-10H2,2H3. The van der Waals surface area contributed by atoms with E-state index in [0.29, 0.717) is 6.04 Å². The van der Waals surface area contributed by atoms with Gasteiger partial charge in [0, 0.05) is 31.4 Å². The summed E-state index contributed by atoms with van der Waals surface area (Å²) < 4.78 is 0. The van der Waals surface area contributed by atoms with Gasteiger partial charge in [0.15, 0.2) is 0 Å². The molecule has 1 rings (SSSR count). The fourth-order valence-corrected chi connectivity index (χ4v) is 2.63. The highest BCUT2D eigenvalue weighted by Crippen LogP contribution is 2.11. The van der Waals surface area contributed by atoms with E-state index in [1.165, 1.54) is 31.0 Å². The summed E-state index contributed by atoms with van der Waals surface area (Å²) in [6.07, 6.45) is 3.27. The lowest BCUT2D eigenvalue weighted by molar-refractivity contribution is 0.221. The van der Waals surface area contributed by atoms with E-state index in [4.69, 9.17) is 0 Å². The molecule has 0 saturated carbocycles. The summed E-state index contributed by atoms with van der Waals surface area (Å²) in [7, 11) is 0. The molecule has 3 heteroatoms. The summed E-state index contributed by atoms with van der Waals surface area (Å²) in [5, 5.41) is 3.39. The van der Waals surface area contributed by atoms with Crippen molar-refractivity contribution < 1.29 is 0 Å². The van der Waals surface area contributed by atoms with Crippen LogP contribution in [0.2, 0.25) is 0 Å². The summed E-state index contributed by atoms with van der Waals surface area (Å²) in [6, 6.07) is 0.661. The first-order valence-electron chi connectivity index (χ1n) is 5.48. The number of hydrogen-bond donors (Lipinski definition) is 1. The molecule has 0 aromatic heterocycles. The Balaban J connectivity index is 2.19. The highest BCUT2D eigenvalue weighted by molar-refractivity contribution is 7.99. The molecule has 0 bridgehead atoms. The van der Waals surface area contributed by atoms with Gasteiger partial charge in [-0.25, -0.2) is 0 Å². The third-order valence-electron chi connectivity index (χ3n) is 2.61. The van der Waals surface area contributed by atoms with Crippen LogP contribution in [0.3, 0.4) is 0 Å². The second-order valence-electron chi connectivity index (χ2n) is 3.80. The summed E-state index contributed by atoms with van der Waals surface area (Å²) in [4.78, 5) is 2.59. The Hall–Kier alpha value is 0.0100. The van der Waals surface area contributed by atoms with Gasteiger partial charge in [-0.15, -0.1) is 6.58 Å². The highest BCUT2D eigenvalue weighted by Gasteiger charge is 2.14. The smallest absolute Gasteiger partial charge is 0.0192 e. The maximum absolute atomic E-state index is 3.71. The van der Waals surface area contributed by atoms with Crippen LogP contribution in [0.4, 0.5) is 0 Å². The molecule has 1 N–H and O–H groups in total. The van der Waals surface area contributed by atoms with Crippen LogP contribution in [0.1, 0.15) is 13.3 Å². The van der Waals surface area contributed by atoms with Crippen molar-refractivity contribution in [2.75, 3.05) is 37.7 Å². The average Bonchev–Trinajstić information content (AvgIpc) is 2.46. The molecule has 0 radical (unpaired) electrons. The number of hydrogen-bond acceptors (Lipinski definition) is 3. The van der Waals surface area contributed by atoms with Crippen molar-refractivity contribution in [3.05, 3.63) is 12.7 Å². The molecular formula is C11H22N2S. The first kappa shape index (κ1) is 12.1. The SMILES string of the molecule is C=CCNCC(C)N1CCCSCC1. The number of thioether (sulfide) groups is 1. The van der Waals surface area contributed by atoms with Gasteiger partial charge in [-0.05, 0) is 25.6 Å². The van der Waals surface area contributed by atoms with Crippen molar-refractivity contribution in [2.24, 2.45) is 0 Å². The van der Waals surface area contributed by atoms with E-state index in [1.807, 2.05) is 6.08 Å². The Morgan fingerprint density at radius 3 is 3.14 bits per heavy atom. The van der Waals surface area contributed by atoms with Crippen molar-refractivity contribution in [3.8, 4) is 0 Å². The zero-order valence-electron chi connectivity index (χ0n) is 9.17. The van der Waals surface area contributed by atoms with E-state index in [0.717, 1.165) is 13.1 Å². The lowest BCUT2D eigenvalue weighted by Gasteiger charge is -2.27. The molecule has 0 aromatic carbocycles. The van der Waals surface area contributed by atoms with Gasteiger partial charge in [-0.1, -0.05) is 6.08 Å². The van der Waals surface area contributed by atoms with Crippen LogP contribution in [0.5, 0.6) is 0 Å². The molecule has 14 heavy (non-hydrogen) atoms. The van der Waals surface area contributed by atoms with Gasteiger partial charge in [0.2, 0.25) is 0 Å². The van der Waals surface area contributed by atoms with Crippen LogP contribution >= 0.6 is 11.8 Å². The monoisotopic (exact) mass is 214 g/mol. The minimum absolute atomic E-state index is 0.661. The van der Waals surface area contributed by atoms with Crippen molar-refractivity contribution in [1.82, 2.24) is 10.2 Å². The molecule has 2 nitrogen and oxygen atoms in total. The zero-order chi connectivity index (χ0) is 10.2. The fourth-order valence-electron chi connectivity index (χ4n) is 1.73. The van der Waals surface area contributed by atoms with Crippen LogP contribution in [0.25, 0.3) is 0 Å². The highest BCUT2D eigenvalue weighted by atomic mass is 32.2. The van der Waals surface area contributed by atoms with Gasteiger partial charge in [0.1, 0.15) is 0 Å². The molecule has 0 aromatic rings. The molecule has 1 atom stereocenters. The van der Waals surface area contributed by atoms with Crippen molar-refractivity contribution in [2.45, 2.75) is 19.4 Å². The largest absolute Gasteiger partial charge is 0.312 e. The second-order valence-corrected chi connectivity index (χ2v) is 5.02. The lowest BCUT2D eigenvalue weighted by Crippen LogP contribution is -2.41.